The molecular weight excluding hydrogens is 336 g/mol. The summed E-state index contributed by atoms with van der Waals surface area (Å²) in [6, 6.07) is 3.82. The maximum Gasteiger partial charge on any atom is 0.171 e. The first-order chi connectivity index (χ1) is 12.2. The van der Waals surface area contributed by atoms with Crippen molar-refractivity contribution in [2.24, 2.45) is 0 Å². The van der Waals surface area contributed by atoms with Gasteiger partial charge in [-0.15, -0.1) is 0 Å². The third-order valence-electron chi connectivity index (χ3n) is 3.36. The summed E-state index contributed by atoms with van der Waals surface area (Å²) >= 11 is 1.45. The van der Waals surface area contributed by atoms with E-state index in [0.29, 0.717) is 17.2 Å². The van der Waals surface area contributed by atoms with Crippen LogP contribution in [0.3, 0.4) is 0 Å². The highest BCUT2D eigenvalue weighted by atomic mass is 32.2. The van der Waals surface area contributed by atoms with Gasteiger partial charge in [-0.1, -0.05) is 0 Å². The van der Waals surface area contributed by atoms with E-state index < -0.39 is 0 Å². The monoisotopic (exact) mass is 350 g/mol. The van der Waals surface area contributed by atoms with Gasteiger partial charge in [0, 0.05) is 11.9 Å². The summed E-state index contributed by atoms with van der Waals surface area (Å²) < 4.78 is 0. The van der Waals surface area contributed by atoms with E-state index in [9.17, 15) is 0 Å². The van der Waals surface area contributed by atoms with Crippen LogP contribution in [0.15, 0.2) is 47.2 Å². The molecule has 4 heterocycles. The zero-order chi connectivity index (χ0) is 17.2. The fourth-order valence-electron chi connectivity index (χ4n) is 2.19. The van der Waals surface area contributed by atoms with Crippen LogP contribution >= 0.6 is 11.8 Å². The second-order valence-electron chi connectivity index (χ2n) is 5.38. The number of hydrogen-bond donors (Lipinski definition) is 2. The third kappa shape index (κ3) is 3.41. The van der Waals surface area contributed by atoms with Gasteiger partial charge in [0.05, 0.1) is 23.6 Å². The van der Waals surface area contributed by atoms with Gasteiger partial charge in [-0.3, -0.25) is 4.98 Å². The zero-order valence-corrected chi connectivity index (χ0v) is 14.4. The van der Waals surface area contributed by atoms with Gasteiger partial charge >= 0.3 is 0 Å². The Labute approximate surface area is 147 Å². The first kappa shape index (κ1) is 15.5. The van der Waals surface area contributed by atoms with E-state index in [1.807, 2.05) is 26.0 Å². The third-order valence-corrected chi connectivity index (χ3v) is 4.20. The maximum absolute atomic E-state index is 4.66. The first-order valence-electron chi connectivity index (χ1n) is 7.54. The fraction of sp³-hybridized carbons (Fsp3) is 0.125. The van der Waals surface area contributed by atoms with E-state index >= 15 is 0 Å². The summed E-state index contributed by atoms with van der Waals surface area (Å²) in [4.78, 5) is 29.2. The van der Waals surface area contributed by atoms with Gasteiger partial charge in [-0.25, -0.2) is 24.9 Å². The van der Waals surface area contributed by atoms with Crippen molar-refractivity contribution in [2.75, 3.05) is 5.32 Å². The van der Waals surface area contributed by atoms with Gasteiger partial charge < -0.3 is 10.3 Å². The van der Waals surface area contributed by atoms with E-state index in [0.717, 1.165) is 27.1 Å². The van der Waals surface area contributed by atoms with Crippen LogP contribution < -0.4 is 5.32 Å². The molecule has 2 N–H and O–H groups in total. The number of anilines is 2. The minimum atomic E-state index is 0.584. The van der Waals surface area contributed by atoms with Crippen LogP contribution in [0.5, 0.6) is 0 Å². The molecule has 0 aromatic carbocycles. The molecule has 124 valence electrons. The summed E-state index contributed by atoms with van der Waals surface area (Å²) in [5, 5.41) is 4.74. The molecule has 0 saturated heterocycles. The average Bonchev–Trinajstić information content (AvgIpc) is 3.02. The molecule has 0 radical (unpaired) electrons. The van der Waals surface area contributed by atoms with Crippen LogP contribution in [0, 0.1) is 13.8 Å². The summed E-state index contributed by atoms with van der Waals surface area (Å²) in [7, 11) is 0. The van der Waals surface area contributed by atoms with Crippen molar-refractivity contribution in [1.29, 1.82) is 0 Å². The number of nitrogens with one attached hydrogen (secondary N) is 2. The van der Waals surface area contributed by atoms with E-state index in [2.05, 4.69) is 40.2 Å². The average molecular weight is 350 g/mol. The molecule has 0 spiro atoms. The quantitative estimate of drug-likeness (QED) is 0.578. The Bertz CT molecular complexity index is 1030. The second-order valence-corrected chi connectivity index (χ2v) is 6.39. The number of pyridine rings is 1. The van der Waals surface area contributed by atoms with Gasteiger partial charge in [0.15, 0.2) is 11.0 Å². The van der Waals surface area contributed by atoms with Crippen LogP contribution in [0.2, 0.25) is 0 Å². The number of H-pyrrole nitrogens is 1. The molecule has 0 aliphatic rings. The number of rotatable bonds is 4. The van der Waals surface area contributed by atoms with Gasteiger partial charge in [-0.2, -0.15) is 0 Å². The predicted molar refractivity (Wildman–Crippen MR) is 94.8 cm³/mol. The number of nitrogens with zero attached hydrogens (tertiary/aromatic N) is 6. The highest BCUT2D eigenvalue weighted by molar-refractivity contribution is 7.99. The van der Waals surface area contributed by atoms with Crippen molar-refractivity contribution in [2.45, 2.75) is 24.0 Å². The molecular formula is C16H14N8S. The van der Waals surface area contributed by atoms with E-state index in [1.54, 1.807) is 18.6 Å². The van der Waals surface area contributed by atoms with Crippen molar-refractivity contribution in [3.63, 3.8) is 0 Å². The number of aromatic nitrogens is 7. The van der Waals surface area contributed by atoms with E-state index in [-0.39, 0.29) is 0 Å². The molecule has 9 heteroatoms. The number of hydrogen-bond acceptors (Lipinski definition) is 8. The number of imidazole rings is 1. The summed E-state index contributed by atoms with van der Waals surface area (Å²) in [6.45, 7) is 3.85. The molecule has 4 aromatic rings. The summed E-state index contributed by atoms with van der Waals surface area (Å²) in [5.41, 5.74) is 3.27. The molecule has 0 amide bonds. The lowest BCUT2D eigenvalue weighted by molar-refractivity contribution is 1.03. The lowest BCUT2D eigenvalue weighted by atomic mass is 10.3. The highest BCUT2D eigenvalue weighted by Crippen LogP contribution is 2.27. The maximum atomic E-state index is 4.66. The summed E-state index contributed by atoms with van der Waals surface area (Å²) in [5.74, 6) is 1.19. The van der Waals surface area contributed by atoms with Crippen LogP contribution in [0.4, 0.5) is 11.6 Å². The molecule has 0 aliphatic heterocycles. The highest BCUT2D eigenvalue weighted by Gasteiger charge is 2.10. The van der Waals surface area contributed by atoms with Crippen LogP contribution in [0.1, 0.15) is 11.4 Å². The summed E-state index contributed by atoms with van der Waals surface area (Å²) in [6.07, 6.45) is 6.64. The van der Waals surface area contributed by atoms with Crippen molar-refractivity contribution in [3.8, 4) is 0 Å². The van der Waals surface area contributed by atoms with Crippen molar-refractivity contribution >= 4 is 34.4 Å². The minimum Gasteiger partial charge on any atom is -0.337 e. The Hall–Kier alpha value is -3.07. The topological polar surface area (TPSA) is 105 Å². The fourth-order valence-corrected chi connectivity index (χ4v) is 2.98. The standard InChI is InChI=1S/C16H14N8S/c1-9-5-18-12(7-17-9)23-15-14-11(20-8-21-15)3-4-13(24-14)25-16-19-6-10(2)22-16/h3-8H,1-2H3,(H,19,22)(H,18,20,21,23). The molecule has 4 aromatic heterocycles. The van der Waals surface area contributed by atoms with Crippen LogP contribution in [-0.4, -0.2) is 34.9 Å². The Morgan fingerprint density at radius 2 is 1.88 bits per heavy atom. The molecule has 0 saturated carbocycles. The van der Waals surface area contributed by atoms with E-state index in [1.165, 1.54) is 18.1 Å². The molecule has 0 unspecified atom stereocenters. The smallest absolute Gasteiger partial charge is 0.171 e. The van der Waals surface area contributed by atoms with Gasteiger partial charge in [-0.05, 0) is 37.7 Å². The van der Waals surface area contributed by atoms with Crippen LogP contribution in [0.25, 0.3) is 11.0 Å². The molecule has 8 nitrogen and oxygen atoms in total. The van der Waals surface area contributed by atoms with E-state index in [4.69, 9.17) is 0 Å². The normalized spacial score (nSPS) is 11.0. The largest absolute Gasteiger partial charge is 0.337 e. The van der Waals surface area contributed by atoms with Crippen molar-refractivity contribution in [3.05, 3.63) is 48.4 Å². The number of aromatic amines is 1. The Kier molecular flexibility index (Phi) is 3.98. The number of fused-ring (bicyclic) bond motifs is 1. The van der Waals surface area contributed by atoms with Crippen molar-refractivity contribution in [1.82, 2.24) is 34.9 Å². The molecule has 0 fully saturated rings. The van der Waals surface area contributed by atoms with Gasteiger partial charge in [0.1, 0.15) is 22.7 Å². The lowest BCUT2D eigenvalue weighted by Gasteiger charge is -2.07. The van der Waals surface area contributed by atoms with Crippen molar-refractivity contribution < 1.29 is 0 Å². The Balaban J connectivity index is 1.68. The second kappa shape index (κ2) is 6.44. The molecule has 4 rings (SSSR count). The zero-order valence-electron chi connectivity index (χ0n) is 13.6. The lowest BCUT2D eigenvalue weighted by Crippen LogP contribution is -2.00. The van der Waals surface area contributed by atoms with Gasteiger partial charge in [0.2, 0.25) is 0 Å². The predicted octanol–water partition coefficient (Wildman–Crippen LogP) is 3.05. The molecule has 0 bridgehead atoms. The molecule has 0 atom stereocenters. The molecule has 0 aliphatic carbocycles. The Morgan fingerprint density at radius 1 is 0.960 bits per heavy atom. The SMILES string of the molecule is Cc1cnc(Nc2ncnc3ccc(Sc4ncc(C)[nH]4)nc23)cn1. The first-order valence-corrected chi connectivity index (χ1v) is 8.36. The molecule has 25 heavy (non-hydrogen) atoms. The van der Waals surface area contributed by atoms with Crippen LogP contribution in [-0.2, 0) is 0 Å². The van der Waals surface area contributed by atoms with Gasteiger partial charge in [0.25, 0.3) is 0 Å². The minimum absolute atomic E-state index is 0.584. The number of aryl methyl sites for hydroxylation is 2. The Morgan fingerprint density at radius 3 is 2.64 bits per heavy atom.